The van der Waals surface area contributed by atoms with Crippen molar-refractivity contribution in [3.05, 3.63) is 34.9 Å². The van der Waals surface area contributed by atoms with Crippen molar-refractivity contribution >= 4 is 0 Å². The van der Waals surface area contributed by atoms with E-state index in [0.717, 1.165) is 17.5 Å². The van der Waals surface area contributed by atoms with Crippen LogP contribution in [0.4, 0.5) is 0 Å². The Morgan fingerprint density at radius 3 is 2.54 bits per heavy atom. The van der Waals surface area contributed by atoms with E-state index in [1.54, 1.807) is 0 Å². The van der Waals surface area contributed by atoms with Gasteiger partial charge in [0.1, 0.15) is 0 Å². The minimum atomic E-state index is 0.498. The normalized spacial score (nSPS) is 10.1. The fourth-order valence-corrected chi connectivity index (χ4v) is 1.37. The van der Waals surface area contributed by atoms with Crippen LogP contribution in [0.5, 0.6) is 0 Å². The highest BCUT2D eigenvalue weighted by Crippen LogP contribution is 2.18. The van der Waals surface area contributed by atoms with Gasteiger partial charge in [-0.3, -0.25) is 0 Å². The Balaban J connectivity index is 3.15. The molecule has 0 atom stereocenters. The Kier molecular flexibility index (Phi) is 3.08. The molecule has 0 saturated carbocycles. The van der Waals surface area contributed by atoms with Gasteiger partial charge in [-0.1, -0.05) is 32.9 Å². The van der Waals surface area contributed by atoms with Crippen LogP contribution < -0.4 is 0 Å². The molecule has 0 spiro atoms. The van der Waals surface area contributed by atoms with Gasteiger partial charge in [-0.05, 0) is 29.5 Å². The molecule has 1 nitrogen and oxygen atoms in total. The Bertz CT molecular complexity index is 331. The molecule has 0 radical (unpaired) electrons. The molecule has 1 aromatic rings. The predicted molar refractivity (Wildman–Crippen MR) is 54.6 cm³/mol. The Hall–Kier alpha value is -1.29. The van der Waals surface area contributed by atoms with Crippen LogP contribution in [0.1, 0.15) is 43.4 Å². The molecule has 0 heterocycles. The molecule has 0 N–H and O–H groups in total. The molecule has 0 aromatic heterocycles. The second-order valence-electron chi connectivity index (χ2n) is 3.54. The summed E-state index contributed by atoms with van der Waals surface area (Å²) in [6.07, 6.45) is 0.932. The Labute approximate surface area is 80.0 Å². The van der Waals surface area contributed by atoms with E-state index in [9.17, 15) is 0 Å². The molecule has 0 amide bonds. The predicted octanol–water partition coefficient (Wildman–Crippen LogP) is 3.24. The molecule has 13 heavy (non-hydrogen) atoms. The first-order valence-corrected chi connectivity index (χ1v) is 4.72. The molecule has 0 unspecified atom stereocenters. The van der Waals surface area contributed by atoms with E-state index < -0.39 is 0 Å². The van der Waals surface area contributed by atoms with Gasteiger partial charge in [0.25, 0.3) is 0 Å². The summed E-state index contributed by atoms with van der Waals surface area (Å²) in [7, 11) is 0. The van der Waals surface area contributed by atoms with E-state index in [0.29, 0.717) is 5.92 Å². The van der Waals surface area contributed by atoms with Gasteiger partial charge < -0.3 is 0 Å². The van der Waals surface area contributed by atoms with Gasteiger partial charge in [0.15, 0.2) is 0 Å². The first kappa shape index (κ1) is 9.80. The van der Waals surface area contributed by atoms with Gasteiger partial charge in [0.2, 0.25) is 0 Å². The van der Waals surface area contributed by atoms with Crippen LogP contribution in [0, 0.1) is 11.3 Å². The average Bonchev–Trinajstić information content (AvgIpc) is 2.16. The number of hydrogen-bond acceptors (Lipinski definition) is 1. The third-order valence-electron chi connectivity index (χ3n) is 2.30. The maximum absolute atomic E-state index is 8.91. The summed E-state index contributed by atoms with van der Waals surface area (Å²) < 4.78 is 0. The Morgan fingerprint density at radius 1 is 1.38 bits per heavy atom. The standard InChI is InChI=1S/C12H15N/c1-4-10-5-6-11(9(2)3)7-12(10)8-13/h5-7,9H,4H2,1-3H3. The lowest BCUT2D eigenvalue weighted by atomic mass is 9.97. The van der Waals surface area contributed by atoms with Crippen molar-refractivity contribution in [1.82, 2.24) is 0 Å². The summed E-state index contributed by atoms with van der Waals surface area (Å²) in [5.41, 5.74) is 3.22. The van der Waals surface area contributed by atoms with Crippen molar-refractivity contribution in [3.8, 4) is 6.07 Å². The van der Waals surface area contributed by atoms with Crippen LogP contribution in [0.15, 0.2) is 18.2 Å². The van der Waals surface area contributed by atoms with E-state index in [-0.39, 0.29) is 0 Å². The summed E-state index contributed by atoms with van der Waals surface area (Å²) in [4.78, 5) is 0. The van der Waals surface area contributed by atoms with Crippen molar-refractivity contribution in [2.24, 2.45) is 0 Å². The third-order valence-corrected chi connectivity index (χ3v) is 2.30. The SMILES string of the molecule is CCc1ccc(C(C)C)cc1C#N. The molecule has 68 valence electrons. The first-order valence-electron chi connectivity index (χ1n) is 4.72. The minimum absolute atomic E-state index is 0.498. The maximum Gasteiger partial charge on any atom is 0.0994 e. The molecule has 0 bridgehead atoms. The van der Waals surface area contributed by atoms with Crippen molar-refractivity contribution in [3.63, 3.8) is 0 Å². The number of rotatable bonds is 2. The van der Waals surface area contributed by atoms with Crippen LogP contribution in [0.25, 0.3) is 0 Å². The molecule has 1 aromatic carbocycles. The van der Waals surface area contributed by atoms with Crippen molar-refractivity contribution in [2.45, 2.75) is 33.1 Å². The number of hydrogen-bond donors (Lipinski definition) is 0. The first-order chi connectivity index (χ1) is 6.19. The van der Waals surface area contributed by atoms with Crippen LogP contribution >= 0.6 is 0 Å². The quantitative estimate of drug-likeness (QED) is 0.673. The minimum Gasteiger partial charge on any atom is -0.192 e. The molecule has 0 saturated heterocycles. The molecular formula is C12H15N. The summed E-state index contributed by atoms with van der Waals surface area (Å²) in [6.45, 7) is 6.36. The fraction of sp³-hybridized carbons (Fsp3) is 0.417. The molecular weight excluding hydrogens is 158 g/mol. The topological polar surface area (TPSA) is 23.8 Å². The van der Waals surface area contributed by atoms with E-state index in [2.05, 4.69) is 39.0 Å². The van der Waals surface area contributed by atoms with Gasteiger partial charge >= 0.3 is 0 Å². The van der Waals surface area contributed by atoms with Crippen LogP contribution in [0.2, 0.25) is 0 Å². The highest BCUT2D eigenvalue weighted by molar-refractivity contribution is 5.41. The molecule has 0 aliphatic rings. The van der Waals surface area contributed by atoms with Crippen molar-refractivity contribution in [1.29, 1.82) is 5.26 Å². The molecule has 0 aliphatic carbocycles. The van der Waals surface area contributed by atoms with Gasteiger partial charge in [0.05, 0.1) is 11.6 Å². The molecule has 0 fully saturated rings. The summed E-state index contributed by atoms with van der Waals surface area (Å²) >= 11 is 0. The fourth-order valence-electron chi connectivity index (χ4n) is 1.37. The average molecular weight is 173 g/mol. The number of nitriles is 1. The zero-order valence-electron chi connectivity index (χ0n) is 8.46. The van der Waals surface area contributed by atoms with E-state index in [1.165, 1.54) is 5.56 Å². The van der Waals surface area contributed by atoms with E-state index >= 15 is 0 Å². The number of aryl methyl sites for hydroxylation is 1. The lowest BCUT2D eigenvalue weighted by Crippen LogP contribution is -1.92. The summed E-state index contributed by atoms with van der Waals surface area (Å²) in [5, 5.41) is 8.91. The van der Waals surface area contributed by atoms with Crippen molar-refractivity contribution < 1.29 is 0 Å². The Morgan fingerprint density at radius 2 is 2.08 bits per heavy atom. The van der Waals surface area contributed by atoms with Crippen LogP contribution in [-0.4, -0.2) is 0 Å². The molecule has 1 rings (SSSR count). The zero-order chi connectivity index (χ0) is 9.84. The molecule has 0 aliphatic heterocycles. The summed E-state index contributed by atoms with van der Waals surface area (Å²) in [6, 6.07) is 8.42. The smallest absolute Gasteiger partial charge is 0.0994 e. The summed E-state index contributed by atoms with van der Waals surface area (Å²) in [5.74, 6) is 0.498. The number of nitrogens with zero attached hydrogens (tertiary/aromatic N) is 1. The van der Waals surface area contributed by atoms with Crippen LogP contribution in [0.3, 0.4) is 0 Å². The van der Waals surface area contributed by atoms with Crippen molar-refractivity contribution in [2.75, 3.05) is 0 Å². The van der Waals surface area contributed by atoms with E-state index in [4.69, 9.17) is 5.26 Å². The lowest BCUT2D eigenvalue weighted by molar-refractivity contribution is 0.864. The van der Waals surface area contributed by atoms with Gasteiger partial charge in [-0.2, -0.15) is 5.26 Å². The second-order valence-corrected chi connectivity index (χ2v) is 3.54. The van der Waals surface area contributed by atoms with Gasteiger partial charge in [-0.25, -0.2) is 0 Å². The van der Waals surface area contributed by atoms with E-state index in [1.807, 2.05) is 6.07 Å². The van der Waals surface area contributed by atoms with Crippen LogP contribution in [-0.2, 0) is 6.42 Å². The monoisotopic (exact) mass is 173 g/mol. The largest absolute Gasteiger partial charge is 0.192 e. The highest BCUT2D eigenvalue weighted by atomic mass is 14.2. The maximum atomic E-state index is 8.91. The third kappa shape index (κ3) is 2.09. The second kappa shape index (κ2) is 4.09. The van der Waals surface area contributed by atoms with Gasteiger partial charge in [-0.15, -0.1) is 0 Å². The zero-order valence-corrected chi connectivity index (χ0v) is 8.46. The lowest BCUT2D eigenvalue weighted by Gasteiger charge is -2.07. The highest BCUT2D eigenvalue weighted by Gasteiger charge is 2.03. The number of benzene rings is 1. The molecule has 1 heteroatoms. The van der Waals surface area contributed by atoms with Gasteiger partial charge in [0, 0.05) is 0 Å².